The van der Waals surface area contributed by atoms with Crippen LogP contribution in [0.3, 0.4) is 0 Å². The third-order valence-electron chi connectivity index (χ3n) is 4.40. The number of nitrogens with zero attached hydrogens (tertiary/aromatic N) is 3. The molecule has 0 aliphatic carbocycles. The van der Waals surface area contributed by atoms with Crippen LogP contribution in [0.15, 0.2) is 59.4 Å². The average molecular weight is 394 g/mol. The van der Waals surface area contributed by atoms with E-state index in [9.17, 15) is 14.4 Å². The molecule has 29 heavy (non-hydrogen) atoms. The van der Waals surface area contributed by atoms with Crippen molar-refractivity contribution in [3.05, 3.63) is 70.5 Å². The van der Waals surface area contributed by atoms with Crippen LogP contribution in [-0.4, -0.2) is 32.9 Å². The summed E-state index contributed by atoms with van der Waals surface area (Å²) in [6, 6.07) is 15.2. The van der Waals surface area contributed by atoms with Gasteiger partial charge in [0.2, 0.25) is 5.91 Å². The maximum absolute atomic E-state index is 12.5. The fraction of sp³-hybridized carbons (Fsp3) is 0.286. The van der Waals surface area contributed by atoms with Crippen LogP contribution in [0.2, 0.25) is 0 Å². The smallest absolute Gasteiger partial charge is 0.330 e. The summed E-state index contributed by atoms with van der Waals surface area (Å²) in [6.45, 7) is 3.22. The minimum absolute atomic E-state index is 0.160. The fourth-order valence-corrected chi connectivity index (χ4v) is 2.83. The highest BCUT2D eigenvalue weighted by Crippen LogP contribution is 2.07. The van der Waals surface area contributed by atoms with Gasteiger partial charge in [0.1, 0.15) is 11.6 Å². The fourth-order valence-electron chi connectivity index (χ4n) is 2.83. The number of carbonyl (C=O) groups excluding carboxylic acids is 2. The number of benzene rings is 2. The van der Waals surface area contributed by atoms with Crippen LogP contribution in [0.25, 0.3) is 10.9 Å². The molecule has 0 saturated carbocycles. The molecule has 8 heteroatoms. The zero-order chi connectivity index (χ0) is 20.8. The Morgan fingerprint density at radius 3 is 2.48 bits per heavy atom. The lowest BCUT2D eigenvalue weighted by Crippen LogP contribution is -2.46. The van der Waals surface area contributed by atoms with Gasteiger partial charge in [-0.1, -0.05) is 61.5 Å². The molecule has 1 atom stereocenters. The minimum Gasteiger partial charge on any atom is -0.441 e. The highest BCUT2D eigenvalue weighted by Gasteiger charge is 2.26. The molecule has 3 rings (SSSR count). The third-order valence-corrected chi connectivity index (χ3v) is 4.40. The number of esters is 1. The van der Waals surface area contributed by atoms with Gasteiger partial charge in [0, 0.05) is 0 Å². The molecule has 2 aromatic carbocycles. The lowest BCUT2D eigenvalue weighted by Gasteiger charge is -2.21. The summed E-state index contributed by atoms with van der Waals surface area (Å²) in [4.78, 5) is 37.3. The first kappa shape index (κ1) is 20.2. The monoisotopic (exact) mass is 394 g/mol. The summed E-state index contributed by atoms with van der Waals surface area (Å²) in [6.07, 6.45) is 0.160. The lowest BCUT2D eigenvalue weighted by molar-refractivity contribution is -0.153. The second-order valence-corrected chi connectivity index (χ2v) is 6.96. The Balaban J connectivity index is 1.65. The molecule has 0 saturated heterocycles. The number of hydrogen-bond donors (Lipinski definition) is 1. The quantitative estimate of drug-likeness (QED) is 0.612. The van der Waals surface area contributed by atoms with Crippen LogP contribution in [0, 0.1) is 5.92 Å². The molecule has 0 fully saturated rings. The Hall–Kier alpha value is -3.55. The number of amides is 1. The molecule has 0 spiro atoms. The van der Waals surface area contributed by atoms with Gasteiger partial charge in [-0.3, -0.25) is 9.59 Å². The summed E-state index contributed by atoms with van der Waals surface area (Å²) >= 11 is 0. The zero-order valence-electron chi connectivity index (χ0n) is 16.2. The molecule has 0 aliphatic heterocycles. The van der Waals surface area contributed by atoms with Crippen molar-refractivity contribution in [3.63, 3.8) is 0 Å². The van der Waals surface area contributed by atoms with Crippen molar-refractivity contribution in [3.8, 4) is 0 Å². The molecular formula is C21H22N4O4. The van der Waals surface area contributed by atoms with Crippen molar-refractivity contribution >= 4 is 22.8 Å². The molecule has 1 amide bonds. The second-order valence-electron chi connectivity index (χ2n) is 6.96. The number of ether oxygens (including phenoxy) is 1. The first-order valence-corrected chi connectivity index (χ1v) is 9.28. The predicted octanol–water partition coefficient (Wildman–Crippen LogP) is 1.68. The number of rotatable bonds is 7. The first-order chi connectivity index (χ1) is 14.0. The van der Waals surface area contributed by atoms with E-state index >= 15 is 0 Å². The molecule has 150 valence electrons. The van der Waals surface area contributed by atoms with Gasteiger partial charge in [-0.2, -0.15) is 4.68 Å². The van der Waals surface area contributed by atoms with E-state index in [2.05, 4.69) is 15.6 Å². The number of carbonyl (C=O) groups is 2. The maximum Gasteiger partial charge on any atom is 0.330 e. The number of nitrogens with one attached hydrogen (secondary N) is 1. The Morgan fingerprint density at radius 1 is 1.07 bits per heavy atom. The van der Waals surface area contributed by atoms with Crippen LogP contribution in [-0.2, 0) is 27.5 Å². The lowest BCUT2D eigenvalue weighted by atomic mass is 10.0. The van der Waals surface area contributed by atoms with Crippen LogP contribution in [0.1, 0.15) is 19.4 Å². The first-order valence-electron chi connectivity index (χ1n) is 9.28. The topological polar surface area (TPSA) is 103 Å². The van der Waals surface area contributed by atoms with Crippen molar-refractivity contribution in [2.24, 2.45) is 5.92 Å². The van der Waals surface area contributed by atoms with Crippen LogP contribution < -0.4 is 10.9 Å². The van der Waals surface area contributed by atoms with Gasteiger partial charge < -0.3 is 10.1 Å². The number of aromatic nitrogens is 3. The summed E-state index contributed by atoms with van der Waals surface area (Å²) in [7, 11) is 0. The molecule has 1 N–H and O–H groups in total. The van der Waals surface area contributed by atoms with Gasteiger partial charge in [-0.25, -0.2) is 4.79 Å². The summed E-state index contributed by atoms with van der Waals surface area (Å²) in [5.74, 6) is -1.11. The van der Waals surface area contributed by atoms with Gasteiger partial charge in [0.25, 0.3) is 5.56 Å². The van der Waals surface area contributed by atoms with E-state index in [-0.39, 0.29) is 25.0 Å². The van der Waals surface area contributed by atoms with Crippen molar-refractivity contribution in [1.82, 2.24) is 20.3 Å². The van der Waals surface area contributed by atoms with E-state index in [1.807, 2.05) is 30.3 Å². The Bertz CT molecular complexity index is 1060. The SMILES string of the molecule is CC(C)[C@H](NC(=O)Cc1ccccc1)C(=O)OCn1nnc2ccccc2c1=O. The van der Waals surface area contributed by atoms with E-state index in [0.717, 1.165) is 10.2 Å². The van der Waals surface area contributed by atoms with Crippen LogP contribution >= 0.6 is 0 Å². The summed E-state index contributed by atoms with van der Waals surface area (Å²) in [5, 5.41) is 10.8. The van der Waals surface area contributed by atoms with E-state index in [1.54, 1.807) is 38.1 Å². The molecule has 0 bridgehead atoms. The van der Waals surface area contributed by atoms with Gasteiger partial charge >= 0.3 is 5.97 Å². The normalized spacial score (nSPS) is 12.0. The largest absolute Gasteiger partial charge is 0.441 e. The molecular weight excluding hydrogens is 372 g/mol. The molecule has 1 heterocycles. The highest BCUT2D eigenvalue weighted by molar-refractivity contribution is 5.85. The van der Waals surface area contributed by atoms with E-state index in [1.165, 1.54) is 0 Å². The third kappa shape index (κ3) is 5.04. The van der Waals surface area contributed by atoms with Crippen molar-refractivity contribution in [2.75, 3.05) is 0 Å². The predicted molar refractivity (Wildman–Crippen MR) is 107 cm³/mol. The molecule has 1 aromatic heterocycles. The van der Waals surface area contributed by atoms with Gasteiger partial charge in [0.15, 0.2) is 6.73 Å². The molecule has 0 aliphatic rings. The van der Waals surface area contributed by atoms with Crippen molar-refractivity contribution < 1.29 is 14.3 Å². The van der Waals surface area contributed by atoms with Crippen molar-refractivity contribution in [1.29, 1.82) is 0 Å². The Morgan fingerprint density at radius 2 is 1.76 bits per heavy atom. The summed E-state index contributed by atoms with van der Waals surface area (Å²) < 4.78 is 6.21. The number of fused-ring (bicyclic) bond motifs is 1. The van der Waals surface area contributed by atoms with Gasteiger partial charge in [-0.05, 0) is 23.6 Å². The minimum atomic E-state index is -0.838. The van der Waals surface area contributed by atoms with Gasteiger partial charge in [0.05, 0.1) is 11.8 Å². The molecule has 3 aromatic rings. The maximum atomic E-state index is 12.5. The molecule has 0 unspecified atom stereocenters. The Kier molecular flexibility index (Phi) is 6.33. The second kappa shape index (κ2) is 9.09. The van der Waals surface area contributed by atoms with E-state index in [4.69, 9.17) is 4.74 Å². The average Bonchev–Trinajstić information content (AvgIpc) is 2.72. The summed E-state index contributed by atoms with van der Waals surface area (Å²) in [5.41, 5.74) is 0.907. The molecule has 8 nitrogen and oxygen atoms in total. The molecule has 0 radical (unpaired) electrons. The van der Waals surface area contributed by atoms with Crippen LogP contribution in [0.5, 0.6) is 0 Å². The Labute approximate surface area is 167 Å². The van der Waals surface area contributed by atoms with Crippen LogP contribution in [0.4, 0.5) is 0 Å². The standard InChI is InChI=1S/C21H22N4O4/c1-14(2)19(22-18(26)12-15-8-4-3-5-9-15)21(28)29-13-25-20(27)16-10-6-7-11-17(16)23-24-25/h3-11,14,19H,12-13H2,1-2H3,(H,22,26)/t19-/m0/s1. The van der Waals surface area contributed by atoms with E-state index < -0.39 is 17.6 Å². The van der Waals surface area contributed by atoms with Crippen molar-refractivity contribution in [2.45, 2.75) is 33.0 Å². The highest BCUT2D eigenvalue weighted by atomic mass is 16.5. The number of hydrogen-bond acceptors (Lipinski definition) is 6. The van der Waals surface area contributed by atoms with Gasteiger partial charge in [-0.15, -0.1) is 5.10 Å². The van der Waals surface area contributed by atoms with E-state index in [0.29, 0.717) is 10.9 Å². The zero-order valence-corrected chi connectivity index (χ0v) is 16.2.